The lowest BCUT2D eigenvalue weighted by Gasteiger charge is -2.05. The van der Waals surface area contributed by atoms with E-state index in [1.165, 1.54) is 11.1 Å². The third-order valence-electron chi connectivity index (χ3n) is 2.42. The molecule has 1 aromatic rings. The summed E-state index contributed by atoms with van der Waals surface area (Å²) < 4.78 is 10.1. The molecule has 0 spiro atoms. The third-order valence-corrected chi connectivity index (χ3v) is 2.42. The van der Waals surface area contributed by atoms with Gasteiger partial charge in [-0.3, -0.25) is 0 Å². The minimum atomic E-state index is 0.746. The minimum absolute atomic E-state index is 0.746. The van der Waals surface area contributed by atoms with Crippen molar-refractivity contribution in [3.63, 3.8) is 0 Å². The first-order valence-corrected chi connectivity index (χ1v) is 5.77. The van der Waals surface area contributed by atoms with E-state index >= 15 is 0 Å². The van der Waals surface area contributed by atoms with Crippen LogP contribution < -0.4 is 10.1 Å². The largest absolute Gasteiger partial charge is 0.497 e. The highest BCUT2D eigenvalue weighted by molar-refractivity contribution is 5.53. The number of benzene rings is 1. The molecule has 0 bridgehead atoms. The van der Waals surface area contributed by atoms with Gasteiger partial charge in [-0.2, -0.15) is 0 Å². The maximum absolute atomic E-state index is 5.12. The molecule has 94 valence electrons. The minimum Gasteiger partial charge on any atom is -0.497 e. The van der Waals surface area contributed by atoms with Crippen LogP contribution in [-0.4, -0.2) is 33.9 Å². The van der Waals surface area contributed by atoms with E-state index in [4.69, 9.17) is 9.47 Å². The molecular weight excluding hydrogens is 214 g/mol. The van der Waals surface area contributed by atoms with Crippen molar-refractivity contribution < 1.29 is 9.47 Å². The normalized spacial score (nSPS) is 11.6. The molecule has 0 aliphatic rings. The quantitative estimate of drug-likeness (QED) is 0.736. The van der Waals surface area contributed by atoms with Crippen molar-refractivity contribution in [3.05, 3.63) is 35.4 Å². The molecule has 0 aliphatic heterocycles. The lowest BCUT2D eigenvalue weighted by Crippen LogP contribution is -2.20. The average Bonchev–Trinajstić information content (AvgIpc) is 2.36. The Balaban J connectivity index is 2.43. The third kappa shape index (κ3) is 5.52. The standard InChI is InChI=1S/C14H21NO2/c1-12(11-15-8-9-16-2)10-13-4-6-14(17-3)7-5-13/h4-7,10,15H,8-9,11H2,1-3H3. The molecule has 1 N–H and O–H groups in total. The summed E-state index contributed by atoms with van der Waals surface area (Å²) in [5, 5.41) is 3.31. The molecule has 1 rings (SSSR count). The summed E-state index contributed by atoms with van der Waals surface area (Å²) in [6, 6.07) is 8.05. The van der Waals surface area contributed by atoms with Crippen LogP contribution in [0, 0.1) is 0 Å². The number of hydrogen-bond acceptors (Lipinski definition) is 3. The van der Waals surface area contributed by atoms with Gasteiger partial charge < -0.3 is 14.8 Å². The molecule has 0 saturated carbocycles. The Bertz CT molecular complexity index is 344. The Morgan fingerprint density at radius 3 is 2.53 bits per heavy atom. The van der Waals surface area contributed by atoms with Crippen molar-refractivity contribution in [2.75, 3.05) is 33.9 Å². The number of methoxy groups -OCH3 is 2. The van der Waals surface area contributed by atoms with Crippen LogP contribution in [0.1, 0.15) is 12.5 Å². The highest BCUT2D eigenvalue weighted by Crippen LogP contribution is 2.13. The highest BCUT2D eigenvalue weighted by atomic mass is 16.5. The first-order chi connectivity index (χ1) is 8.26. The molecule has 0 fully saturated rings. The van der Waals surface area contributed by atoms with Gasteiger partial charge in [-0.05, 0) is 24.6 Å². The van der Waals surface area contributed by atoms with E-state index in [-0.39, 0.29) is 0 Å². The Labute approximate surface area is 103 Å². The Hall–Kier alpha value is -1.32. The van der Waals surface area contributed by atoms with Crippen molar-refractivity contribution in [2.24, 2.45) is 0 Å². The first-order valence-electron chi connectivity index (χ1n) is 5.77. The van der Waals surface area contributed by atoms with Gasteiger partial charge in [-0.25, -0.2) is 0 Å². The fraction of sp³-hybridized carbons (Fsp3) is 0.429. The fourth-order valence-corrected chi connectivity index (χ4v) is 1.50. The van der Waals surface area contributed by atoms with E-state index in [2.05, 4.69) is 30.4 Å². The topological polar surface area (TPSA) is 30.5 Å². The summed E-state index contributed by atoms with van der Waals surface area (Å²) in [4.78, 5) is 0. The lowest BCUT2D eigenvalue weighted by molar-refractivity contribution is 0.200. The zero-order chi connectivity index (χ0) is 12.5. The number of ether oxygens (including phenoxy) is 2. The lowest BCUT2D eigenvalue weighted by atomic mass is 10.1. The van der Waals surface area contributed by atoms with Gasteiger partial charge in [-0.1, -0.05) is 23.8 Å². The number of hydrogen-bond donors (Lipinski definition) is 1. The van der Waals surface area contributed by atoms with E-state index in [9.17, 15) is 0 Å². The van der Waals surface area contributed by atoms with Gasteiger partial charge in [0.25, 0.3) is 0 Å². The van der Waals surface area contributed by atoms with Crippen LogP contribution in [0.3, 0.4) is 0 Å². The molecule has 0 radical (unpaired) electrons. The van der Waals surface area contributed by atoms with Gasteiger partial charge in [-0.15, -0.1) is 0 Å². The maximum atomic E-state index is 5.12. The second kappa shape index (κ2) is 7.87. The summed E-state index contributed by atoms with van der Waals surface area (Å²) in [7, 11) is 3.39. The Morgan fingerprint density at radius 2 is 1.94 bits per heavy atom. The van der Waals surface area contributed by atoms with Crippen LogP contribution in [-0.2, 0) is 4.74 Å². The van der Waals surface area contributed by atoms with Crippen LogP contribution >= 0.6 is 0 Å². The van der Waals surface area contributed by atoms with E-state index in [1.807, 2.05) is 12.1 Å². The molecule has 0 aliphatic carbocycles. The number of rotatable bonds is 7. The van der Waals surface area contributed by atoms with Gasteiger partial charge in [0.15, 0.2) is 0 Å². The molecule has 0 heterocycles. The molecule has 0 saturated heterocycles. The summed E-state index contributed by atoms with van der Waals surface area (Å²) in [6.45, 7) is 4.62. The molecule has 0 unspecified atom stereocenters. The smallest absolute Gasteiger partial charge is 0.118 e. The van der Waals surface area contributed by atoms with Crippen molar-refractivity contribution in [1.29, 1.82) is 0 Å². The van der Waals surface area contributed by atoms with Crippen LogP contribution in [0.5, 0.6) is 5.75 Å². The zero-order valence-corrected chi connectivity index (χ0v) is 10.8. The van der Waals surface area contributed by atoms with E-state index in [0.717, 1.165) is 25.4 Å². The Kier molecular flexibility index (Phi) is 6.37. The monoisotopic (exact) mass is 235 g/mol. The van der Waals surface area contributed by atoms with Crippen molar-refractivity contribution in [2.45, 2.75) is 6.92 Å². The predicted molar refractivity (Wildman–Crippen MR) is 71.4 cm³/mol. The van der Waals surface area contributed by atoms with Gasteiger partial charge in [0.2, 0.25) is 0 Å². The van der Waals surface area contributed by atoms with Gasteiger partial charge >= 0.3 is 0 Å². The summed E-state index contributed by atoms with van der Waals surface area (Å²) in [6.07, 6.45) is 2.17. The predicted octanol–water partition coefficient (Wildman–Crippen LogP) is 2.33. The van der Waals surface area contributed by atoms with Crippen LogP contribution in [0.15, 0.2) is 29.8 Å². The molecule has 17 heavy (non-hydrogen) atoms. The molecule has 0 atom stereocenters. The molecule has 1 aromatic carbocycles. The average molecular weight is 235 g/mol. The molecule has 3 heteroatoms. The van der Waals surface area contributed by atoms with Gasteiger partial charge in [0, 0.05) is 20.2 Å². The van der Waals surface area contributed by atoms with Crippen molar-refractivity contribution in [1.82, 2.24) is 5.32 Å². The van der Waals surface area contributed by atoms with Crippen molar-refractivity contribution in [3.8, 4) is 5.75 Å². The summed E-state index contributed by atoms with van der Waals surface area (Å²) in [5.41, 5.74) is 2.49. The molecule has 0 aromatic heterocycles. The number of nitrogens with one attached hydrogen (secondary N) is 1. The molecular formula is C14H21NO2. The molecule has 0 amide bonds. The van der Waals surface area contributed by atoms with E-state index in [1.54, 1.807) is 14.2 Å². The van der Waals surface area contributed by atoms with Crippen LogP contribution in [0.4, 0.5) is 0 Å². The van der Waals surface area contributed by atoms with E-state index < -0.39 is 0 Å². The van der Waals surface area contributed by atoms with E-state index in [0.29, 0.717) is 0 Å². The fourth-order valence-electron chi connectivity index (χ4n) is 1.50. The van der Waals surface area contributed by atoms with Gasteiger partial charge in [0.1, 0.15) is 5.75 Å². The summed E-state index contributed by atoms with van der Waals surface area (Å²) >= 11 is 0. The van der Waals surface area contributed by atoms with Crippen LogP contribution in [0.2, 0.25) is 0 Å². The Morgan fingerprint density at radius 1 is 1.24 bits per heavy atom. The SMILES string of the molecule is COCCNCC(C)=Cc1ccc(OC)cc1. The summed E-state index contributed by atoms with van der Waals surface area (Å²) in [5.74, 6) is 0.887. The first kappa shape index (κ1) is 13.7. The van der Waals surface area contributed by atoms with Gasteiger partial charge in [0.05, 0.1) is 13.7 Å². The maximum Gasteiger partial charge on any atom is 0.118 e. The van der Waals surface area contributed by atoms with Crippen LogP contribution in [0.25, 0.3) is 6.08 Å². The van der Waals surface area contributed by atoms with Crippen molar-refractivity contribution >= 4 is 6.08 Å². The zero-order valence-electron chi connectivity index (χ0n) is 10.8. The second-order valence-electron chi connectivity index (χ2n) is 3.93. The second-order valence-corrected chi connectivity index (χ2v) is 3.93. The highest BCUT2D eigenvalue weighted by Gasteiger charge is 1.93. The molecule has 3 nitrogen and oxygen atoms in total.